The van der Waals surface area contributed by atoms with Gasteiger partial charge in [0.1, 0.15) is 29.8 Å². The summed E-state index contributed by atoms with van der Waals surface area (Å²) in [5, 5.41) is 12.3. The Morgan fingerprint density at radius 3 is 2.14 bits per heavy atom. The van der Waals surface area contributed by atoms with Crippen molar-refractivity contribution in [1.29, 1.82) is 0 Å². The SMILES string of the molecule is O=C(O)[C@H](Cc1ccc(F)cc1)NC(=O)[N+]1(S(=O)(=O)c2cc(Cl)cc(Cl)c2)CC(c2ccccc2)C1. The number of sulfonamides is 1. The summed E-state index contributed by atoms with van der Waals surface area (Å²) in [6, 6.07) is 15.7. The molecule has 0 saturated carbocycles. The van der Waals surface area contributed by atoms with Crippen molar-refractivity contribution in [3.05, 3.63) is 99.8 Å². The van der Waals surface area contributed by atoms with Crippen LogP contribution in [0.2, 0.25) is 10.0 Å². The molecule has 0 spiro atoms. The van der Waals surface area contributed by atoms with Crippen molar-refractivity contribution in [3.8, 4) is 0 Å². The molecule has 0 bridgehead atoms. The second kappa shape index (κ2) is 10.2. The Morgan fingerprint density at radius 1 is 1.00 bits per heavy atom. The number of aliphatic carboxylic acids is 1. The van der Waals surface area contributed by atoms with Crippen LogP contribution in [-0.4, -0.2) is 48.5 Å². The summed E-state index contributed by atoms with van der Waals surface area (Å²) in [4.78, 5) is 25.3. The van der Waals surface area contributed by atoms with Crippen LogP contribution in [0, 0.1) is 5.82 Å². The molecule has 2 amide bonds. The molecule has 0 aromatic heterocycles. The molecule has 36 heavy (non-hydrogen) atoms. The summed E-state index contributed by atoms with van der Waals surface area (Å²) in [6.45, 7) is -0.212. The van der Waals surface area contributed by atoms with E-state index in [-0.39, 0.29) is 40.4 Å². The Morgan fingerprint density at radius 2 is 1.58 bits per heavy atom. The lowest BCUT2D eigenvalue weighted by atomic mass is 9.92. The van der Waals surface area contributed by atoms with Gasteiger partial charge in [0, 0.05) is 16.5 Å². The fourth-order valence-corrected chi connectivity index (χ4v) is 6.90. The van der Waals surface area contributed by atoms with Gasteiger partial charge in [-0.1, -0.05) is 65.7 Å². The van der Waals surface area contributed by atoms with Crippen LogP contribution in [0.4, 0.5) is 9.18 Å². The van der Waals surface area contributed by atoms with Crippen molar-refractivity contribution in [1.82, 2.24) is 5.32 Å². The minimum atomic E-state index is -4.38. The number of nitrogens with zero attached hydrogens (tertiary/aromatic N) is 1. The van der Waals surface area contributed by atoms with Crippen molar-refractivity contribution >= 4 is 45.2 Å². The van der Waals surface area contributed by atoms with Crippen LogP contribution in [0.1, 0.15) is 17.0 Å². The number of carbonyl (C=O) groups is 2. The summed E-state index contributed by atoms with van der Waals surface area (Å²) in [7, 11) is -4.38. The minimum Gasteiger partial charge on any atom is -0.480 e. The molecule has 3 aromatic carbocycles. The summed E-state index contributed by atoms with van der Waals surface area (Å²) < 4.78 is 39.8. The molecule has 0 radical (unpaired) electrons. The second-order valence-electron chi connectivity index (χ2n) is 8.61. The number of quaternary nitrogens is 1. The van der Waals surface area contributed by atoms with E-state index >= 15 is 0 Å². The van der Waals surface area contributed by atoms with E-state index in [9.17, 15) is 27.5 Å². The van der Waals surface area contributed by atoms with Crippen molar-refractivity contribution in [3.63, 3.8) is 0 Å². The second-order valence-corrected chi connectivity index (χ2v) is 11.6. The fraction of sp³-hybridized carbons (Fsp3) is 0.200. The maximum atomic E-state index is 13.8. The van der Waals surface area contributed by atoms with Gasteiger partial charge in [0.15, 0.2) is 0 Å². The Labute approximate surface area is 217 Å². The number of carboxylic acids is 1. The monoisotopic (exact) mass is 551 g/mol. The summed E-state index contributed by atoms with van der Waals surface area (Å²) in [6.07, 6.45) is -0.160. The van der Waals surface area contributed by atoms with Crippen LogP contribution in [0.3, 0.4) is 0 Å². The summed E-state index contributed by atoms with van der Waals surface area (Å²) in [5.41, 5.74) is 1.32. The smallest absolute Gasteiger partial charge is 0.433 e. The standard InChI is InChI=1S/C25H21Cl2FN2O5S/c26-19-11-20(27)13-22(12-19)36(34,35)30(14-18(15-30)17-4-2-1-3-5-17)25(33)29-23(24(31)32)10-16-6-8-21(28)9-7-16/h1-9,11-13,18,23H,10,14-15H2,(H-,29,31,32,33)/p+1/t18?,23-,30?/m0/s1. The van der Waals surface area contributed by atoms with E-state index in [1.54, 1.807) is 0 Å². The van der Waals surface area contributed by atoms with Crippen molar-refractivity contribution in [2.45, 2.75) is 23.3 Å². The van der Waals surface area contributed by atoms with Crippen LogP contribution >= 0.6 is 23.2 Å². The van der Waals surface area contributed by atoms with Gasteiger partial charge in [-0.25, -0.2) is 14.0 Å². The van der Waals surface area contributed by atoms with E-state index in [2.05, 4.69) is 5.32 Å². The van der Waals surface area contributed by atoms with Crippen LogP contribution in [0.15, 0.2) is 77.7 Å². The van der Waals surface area contributed by atoms with E-state index in [1.807, 2.05) is 30.3 Å². The highest BCUT2D eigenvalue weighted by molar-refractivity contribution is 7.86. The molecule has 1 heterocycles. The molecular weight excluding hydrogens is 530 g/mol. The molecule has 2 N–H and O–H groups in total. The van der Waals surface area contributed by atoms with Gasteiger partial charge in [0.25, 0.3) is 0 Å². The number of hydrogen-bond donors (Lipinski definition) is 2. The zero-order chi connectivity index (χ0) is 26.1. The number of urea groups is 1. The summed E-state index contributed by atoms with van der Waals surface area (Å²) in [5.74, 6) is -2.09. The molecule has 188 valence electrons. The Hall–Kier alpha value is -2.98. The third kappa shape index (κ3) is 5.10. The number of nitrogens with one attached hydrogen (secondary N) is 1. The van der Waals surface area contributed by atoms with Crippen LogP contribution in [-0.2, 0) is 21.2 Å². The number of halogens is 3. The Balaban J connectivity index is 1.68. The number of hydrogen-bond acceptors (Lipinski definition) is 4. The van der Waals surface area contributed by atoms with Crippen molar-refractivity contribution in [2.24, 2.45) is 0 Å². The van der Waals surface area contributed by atoms with Crippen molar-refractivity contribution < 1.29 is 31.4 Å². The molecule has 0 aliphatic carbocycles. The minimum absolute atomic E-state index is 0.0829. The number of carboxylic acid groups (broad SMARTS) is 1. The predicted octanol–water partition coefficient (Wildman–Crippen LogP) is 4.84. The molecule has 0 unspecified atom stereocenters. The first-order valence-electron chi connectivity index (χ1n) is 10.9. The number of amides is 2. The third-order valence-electron chi connectivity index (χ3n) is 6.21. The lowest BCUT2D eigenvalue weighted by Gasteiger charge is -2.45. The topological polar surface area (TPSA) is 101 Å². The largest absolute Gasteiger partial charge is 0.480 e. The maximum Gasteiger partial charge on any atom is 0.433 e. The zero-order valence-corrected chi connectivity index (χ0v) is 21.1. The molecule has 4 rings (SSSR count). The van der Waals surface area contributed by atoms with Crippen LogP contribution in [0.5, 0.6) is 0 Å². The van der Waals surface area contributed by atoms with E-state index in [1.165, 1.54) is 42.5 Å². The first-order valence-corrected chi connectivity index (χ1v) is 13.1. The number of benzene rings is 3. The van der Waals surface area contributed by atoms with E-state index in [0.29, 0.717) is 5.56 Å². The van der Waals surface area contributed by atoms with Gasteiger partial charge in [-0.05, 0) is 41.5 Å². The molecule has 1 aliphatic rings. The zero-order valence-electron chi connectivity index (χ0n) is 18.8. The normalized spacial score (nSPS) is 20.2. The van der Waals surface area contributed by atoms with Crippen molar-refractivity contribution in [2.75, 3.05) is 13.1 Å². The molecule has 1 atom stereocenters. The van der Waals surface area contributed by atoms with Gasteiger partial charge in [0.05, 0.1) is 5.92 Å². The van der Waals surface area contributed by atoms with Crippen LogP contribution < -0.4 is 5.32 Å². The highest BCUT2D eigenvalue weighted by atomic mass is 35.5. The molecule has 1 saturated heterocycles. The van der Waals surface area contributed by atoms with Gasteiger partial charge in [0.2, 0.25) is 0 Å². The number of rotatable bonds is 7. The average molecular weight is 552 g/mol. The Bertz CT molecular complexity index is 1380. The van der Waals surface area contributed by atoms with Gasteiger partial charge >= 0.3 is 22.0 Å². The van der Waals surface area contributed by atoms with E-state index in [4.69, 9.17) is 23.2 Å². The fourth-order valence-electron chi connectivity index (χ4n) is 4.27. The average Bonchev–Trinajstić information content (AvgIpc) is 2.79. The van der Waals surface area contributed by atoms with Gasteiger partial charge < -0.3 is 5.11 Å². The van der Waals surface area contributed by atoms with Gasteiger partial charge in [-0.2, -0.15) is 8.42 Å². The number of likely N-dealkylation sites (tertiary alicyclic amines) is 1. The van der Waals surface area contributed by atoms with E-state index in [0.717, 1.165) is 5.56 Å². The van der Waals surface area contributed by atoms with Crippen LogP contribution in [0.25, 0.3) is 0 Å². The molecule has 7 nitrogen and oxygen atoms in total. The molecule has 1 fully saturated rings. The highest BCUT2D eigenvalue weighted by Crippen LogP contribution is 2.41. The molecule has 11 heteroatoms. The lowest BCUT2D eigenvalue weighted by molar-refractivity contribution is -0.773. The predicted molar refractivity (Wildman–Crippen MR) is 133 cm³/mol. The van der Waals surface area contributed by atoms with Gasteiger partial charge in [-0.15, -0.1) is 3.89 Å². The number of carbonyl (C=O) groups excluding carboxylic acids is 1. The molecular formula is C25H22Cl2FN2O5S+. The first-order chi connectivity index (χ1) is 17.0. The Kier molecular flexibility index (Phi) is 7.38. The highest BCUT2D eigenvalue weighted by Gasteiger charge is 2.61. The maximum absolute atomic E-state index is 13.8. The quantitative estimate of drug-likeness (QED) is 0.409. The first kappa shape index (κ1) is 26.1. The summed E-state index contributed by atoms with van der Waals surface area (Å²) >= 11 is 12.1. The van der Waals surface area contributed by atoms with Gasteiger partial charge in [-0.3, -0.25) is 5.32 Å². The third-order valence-corrected chi connectivity index (χ3v) is 8.87. The lowest BCUT2D eigenvalue weighted by Crippen LogP contribution is -2.71. The van der Waals surface area contributed by atoms with E-state index < -0.39 is 37.8 Å². The molecule has 3 aromatic rings. The molecule has 1 aliphatic heterocycles.